The number of ether oxygens (including phenoxy) is 1. The molecule has 16 heavy (non-hydrogen) atoms. The lowest BCUT2D eigenvalue weighted by atomic mass is 10.4. The van der Waals surface area contributed by atoms with Gasteiger partial charge in [-0.3, -0.25) is 4.79 Å². The zero-order chi connectivity index (χ0) is 12.0. The summed E-state index contributed by atoms with van der Waals surface area (Å²) in [7, 11) is 1.61. The lowest BCUT2D eigenvalue weighted by Gasteiger charge is -2.20. The number of aryl methyl sites for hydroxylation is 1. The Morgan fingerprint density at radius 1 is 1.62 bits per heavy atom. The highest BCUT2D eigenvalue weighted by atomic mass is 35.5. The van der Waals surface area contributed by atoms with Crippen LogP contribution in [0.25, 0.3) is 0 Å². The molecule has 0 saturated heterocycles. The monoisotopic (exact) mass is 262 g/mol. The number of halogens is 1. The maximum atomic E-state index is 12.0. The molecule has 0 unspecified atom stereocenters. The molecule has 0 bridgehead atoms. The topological polar surface area (TPSA) is 42.4 Å². The van der Waals surface area contributed by atoms with E-state index >= 15 is 0 Å². The highest BCUT2D eigenvalue weighted by Gasteiger charge is 2.16. The van der Waals surface area contributed by atoms with Crippen molar-refractivity contribution in [3.05, 3.63) is 16.1 Å². The van der Waals surface area contributed by atoms with E-state index in [9.17, 15) is 4.79 Å². The van der Waals surface area contributed by atoms with Gasteiger partial charge in [0.25, 0.3) is 5.91 Å². The summed E-state index contributed by atoms with van der Waals surface area (Å²) in [4.78, 5) is 18.4. The van der Waals surface area contributed by atoms with E-state index in [1.54, 1.807) is 18.2 Å². The molecule has 0 radical (unpaired) electrons. The van der Waals surface area contributed by atoms with Crippen LogP contribution in [0.4, 0.5) is 0 Å². The van der Waals surface area contributed by atoms with Crippen LogP contribution >= 0.6 is 22.9 Å². The number of hydrogen-bond donors (Lipinski definition) is 0. The van der Waals surface area contributed by atoms with Crippen LogP contribution in [0.2, 0.25) is 0 Å². The summed E-state index contributed by atoms with van der Waals surface area (Å²) in [6.45, 7) is 3.47. The fourth-order valence-corrected chi connectivity index (χ4v) is 2.18. The highest BCUT2D eigenvalue weighted by molar-refractivity contribution is 7.13. The smallest absolute Gasteiger partial charge is 0.265 e. The SMILES string of the molecule is COCCN(CCCl)C(=O)c1cnc(C)s1. The van der Waals surface area contributed by atoms with Crippen LogP contribution in [0.15, 0.2) is 6.20 Å². The van der Waals surface area contributed by atoms with Gasteiger partial charge in [-0.2, -0.15) is 0 Å². The van der Waals surface area contributed by atoms with Gasteiger partial charge < -0.3 is 9.64 Å². The van der Waals surface area contributed by atoms with Crippen LogP contribution in [0.1, 0.15) is 14.7 Å². The average Bonchev–Trinajstić information content (AvgIpc) is 2.70. The third-order valence-corrected chi connectivity index (χ3v) is 3.11. The first-order valence-corrected chi connectivity index (χ1v) is 6.30. The number of aromatic nitrogens is 1. The van der Waals surface area contributed by atoms with Crippen LogP contribution in [0.3, 0.4) is 0 Å². The van der Waals surface area contributed by atoms with Gasteiger partial charge in [0.05, 0.1) is 17.8 Å². The number of thiazole rings is 1. The normalized spacial score (nSPS) is 10.4. The highest BCUT2D eigenvalue weighted by Crippen LogP contribution is 2.14. The van der Waals surface area contributed by atoms with Gasteiger partial charge in [-0.05, 0) is 6.92 Å². The van der Waals surface area contributed by atoms with Gasteiger partial charge in [-0.1, -0.05) is 0 Å². The Kier molecular flexibility index (Phi) is 5.73. The summed E-state index contributed by atoms with van der Waals surface area (Å²) in [5, 5.41) is 0.890. The van der Waals surface area contributed by atoms with E-state index in [0.29, 0.717) is 30.5 Å². The number of hydrogen-bond acceptors (Lipinski definition) is 4. The molecule has 0 aliphatic heterocycles. The summed E-state index contributed by atoms with van der Waals surface area (Å²) >= 11 is 7.06. The van der Waals surface area contributed by atoms with Crippen LogP contribution in [-0.2, 0) is 4.74 Å². The van der Waals surface area contributed by atoms with Crippen molar-refractivity contribution in [1.29, 1.82) is 0 Å². The number of nitrogens with zero attached hydrogens (tertiary/aromatic N) is 2. The minimum atomic E-state index is -0.0247. The molecule has 0 aliphatic carbocycles. The number of carbonyl (C=O) groups is 1. The predicted molar refractivity (Wildman–Crippen MR) is 65.4 cm³/mol. The van der Waals surface area contributed by atoms with E-state index in [0.717, 1.165) is 5.01 Å². The lowest BCUT2D eigenvalue weighted by Crippen LogP contribution is -2.35. The number of methoxy groups -OCH3 is 1. The second-order valence-corrected chi connectivity index (χ2v) is 4.83. The first-order valence-electron chi connectivity index (χ1n) is 4.95. The third-order valence-electron chi connectivity index (χ3n) is 2.04. The summed E-state index contributed by atoms with van der Waals surface area (Å²) in [5.41, 5.74) is 0. The Morgan fingerprint density at radius 2 is 2.38 bits per heavy atom. The van der Waals surface area contributed by atoms with Gasteiger partial charge in [0.15, 0.2) is 0 Å². The Balaban J connectivity index is 2.66. The molecule has 4 nitrogen and oxygen atoms in total. The van der Waals surface area contributed by atoms with E-state index in [1.165, 1.54) is 11.3 Å². The van der Waals surface area contributed by atoms with Crippen LogP contribution in [0, 0.1) is 6.92 Å². The molecule has 1 heterocycles. The second-order valence-electron chi connectivity index (χ2n) is 3.22. The van der Waals surface area contributed by atoms with Crippen molar-refractivity contribution >= 4 is 28.8 Å². The molecule has 1 rings (SSSR count). The van der Waals surface area contributed by atoms with E-state index in [2.05, 4.69) is 4.98 Å². The van der Waals surface area contributed by atoms with Gasteiger partial charge in [-0.15, -0.1) is 22.9 Å². The number of carbonyl (C=O) groups excluding carboxylic acids is 1. The quantitative estimate of drug-likeness (QED) is 0.734. The number of amides is 1. The molecule has 6 heteroatoms. The summed E-state index contributed by atoms with van der Waals surface area (Å²) in [6, 6.07) is 0. The van der Waals surface area contributed by atoms with Crippen molar-refractivity contribution in [3.8, 4) is 0 Å². The maximum Gasteiger partial charge on any atom is 0.265 e. The first kappa shape index (κ1) is 13.4. The molecule has 0 atom stereocenters. The lowest BCUT2D eigenvalue weighted by molar-refractivity contribution is 0.0712. The molecule has 0 N–H and O–H groups in total. The standard InChI is InChI=1S/C10H15ClN2O2S/c1-8-12-7-9(16-8)10(14)13(4-3-11)5-6-15-2/h7H,3-6H2,1-2H3. The van der Waals surface area contributed by atoms with Gasteiger partial charge in [-0.25, -0.2) is 4.98 Å². The van der Waals surface area contributed by atoms with E-state index in [1.807, 2.05) is 6.92 Å². The molecule has 1 aromatic rings. The largest absolute Gasteiger partial charge is 0.383 e. The summed E-state index contributed by atoms with van der Waals surface area (Å²) in [6.07, 6.45) is 1.61. The summed E-state index contributed by atoms with van der Waals surface area (Å²) < 4.78 is 4.96. The third kappa shape index (κ3) is 3.73. The summed E-state index contributed by atoms with van der Waals surface area (Å²) in [5.74, 6) is 0.399. The minimum absolute atomic E-state index is 0.0247. The molecule has 0 aromatic carbocycles. The zero-order valence-electron chi connectivity index (χ0n) is 9.40. The van der Waals surface area contributed by atoms with E-state index in [4.69, 9.17) is 16.3 Å². The molecule has 0 aliphatic rings. The van der Waals surface area contributed by atoms with Crippen molar-refractivity contribution in [1.82, 2.24) is 9.88 Å². The molecule has 1 amide bonds. The number of rotatable bonds is 6. The first-order chi connectivity index (χ1) is 7.69. The molecule has 0 saturated carbocycles. The molecule has 90 valence electrons. The predicted octanol–water partition coefficient (Wildman–Crippen LogP) is 1.78. The Hall–Kier alpha value is -0.650. The Labute approximate surface area is 104 Å². The fourth-order valence-electron chi connectivity index (χ4n) is 1.23. The fraction of sp³-hybridized carbons (Fsp3) is 0.600. The second kappa shape index (κ2) is 6.83. The van der Waals surface area contributed by atoms with Crippen LogP contribution in [0.5, 0.6) is 0 Å². The van der Waals surface area contributed by atoms with Crippen molar-refractivity contribution in [3.63, 3.8) is 0 Å². The van der Waals surface area contributed by atoms with Crippen molar-refractivity contribution < 1.29 is 9.53 Å². The Morgan fingerprint density at radius 3 is 2.88 bits per heavy atom. The maximum absolute atomic E-state index is 12.0. The van der Waals surface area contributed by atoms with Crippen LogP contribution < -0.4 is 0 Å². The molecular formula is C10H15ClN2O2S. The zero-order valence-corrected chi connectivity index (χ0v) is 11.0. The van der Waals surface area contributed by atoms with E-state index < -0.39 is 0 Å². The van der Waals surface area contributed by atoms with Gasteiger partial charge in [0, 0.05) is 26.1 Å². The number of alkyl halides is 1. The Bertz CT molecular complexity index is 343. The van der Waals surface area contributed by atoms with E-state index in [-0.39, 0.29) is 5.91 Å². The van der Waals surface area contributed by atoms with Gasteiger partial charge >= 0.3 is 0 Å². The molecule has 0 spiro atoms. The van der Waals surface area contributed by atoms with Gasteiger partial charge in [0.2, 0.25) is 0 Å². The van der Waals surface area contributed by atoms with Crippen molar-refractivity contribution in [2.45, 2.75) is 6.92 Å². The van der Waals surface area contributed by atoms with Gasteiger partial charge in [0.1, 0.15) is 4.88 Å². The minimum Gasteiger partial charge on any atom is -0.383 e. The van der Waals surface area contributed by atoms with Crippen LogP contribution in [-0.4, -0.2) is 48.5 Å². The van der Waals surface area contributed by atoms with Crippen molar-refractivity contribution in [2.75, 3.05) is 32.7 Å². The van der Waals surface area contributed by atoms with Crippen molar-refractivity contribution in [2.24, 2.45) is 0 Å². The molecular weight excluding hydrogens is 248 g/mol. The molecule has 0 fully saturated rings. The molecule has 1 aromatic heterocycles. The average molecular weight is 263 g/mol.